The summed E-state index contributed by atoms with van der Waals surface area (Å²) in [5, 5.41) is 10.8. The van der Waals surface area contributed by atoms with E-state index in [1.54, 1.807) is 31.2 Å². The van der Waals surface area contributed by atoms with E-state index in [-0.39, 0.29) is 22.1 Å². The van der Waals surface area contributed by atoms with Crippen LogP contribution >= 0.6 is 11.3 Å². The topological polar surface area (TPSA) is 158 Å². The van der Waals surface area contributed by atoms with E-state index in [1.807, 2.05) is 0 Å². The van der Waals surface area contributed by atoms with Crippen LogP contribution in [0.2, 0.25) is 0 Å². The molecular weight excluding hydrogens is 470 g/mol. The highest BCUT2D eigenvalue weighted by molar-refractivity contribution is 7.89. The molecule has 0 saturated carbocycles. The fraction of sp³-hybridized carbons (Fsp3) is 0.190. The molecule has 2 heterocycles. The largest absolute Gasteiger partial charge is 0.459 e. The van der Waals surface area contributed by atoms with Crippen molar-refractivity contribution >= 4 is 44.1 Å². The third-order valence-electron chi connectivity index (χ3n) is 4.41. The number of hydrogen-bond acceptors (Lipinski definition) is 8. The number of rotatable bonds is 9. The Labute approximate surface area is 193 Å². The normalized spacial score (nSPS) is 11.1. The van der Waals surface area contributed by atoms with Gasteiger partial charge in [-0.3, -0.25) is 9.59 Å². The van der Waals surface area contributed by atoms with Gasteiger partial charge in [-0.1, -0.05) is 12.1 Å². The molecule has 0 fully saturated rings. The number of sulfonamides is 1. The van der Waals surface area contributed by atoms with Crippen LogP contribution in [0.15, 0.2) is 58.0 Å². The molecule has 0 aliphatic rings. The first kappa shape index (κ1) is 24.2. The Morgan fingerprint density at radius 2 is 1.88 bits per heavy atom. The number of carbonyl (C=O) groups is 3. The monoisotopic (exact) mass is 491 g/mol. The third-order valence-corrected chi connectivity index (χ3v) is 6.47. The number of aryl methyl sites for hydroxylation is 1. The summed E-state index contributed by atoms with van der Waals surface area (Å²) in [4.78, 5) is 36.6. The summed E-state index contributed by atoms with van der Waals surface area (Å²) in [6.45, 7) is 1.50. The SMILES string of the molecule is Cc1cc(NC(=O)c2ccco2)sc1C(=O)OCC(=O)NCCc1ccc(S(N)(=O)=O)cc1. The first-order chi connectivity index (χ1) is 15.6. The number of esters is 1. The van der Waals surface area contributed by atoms with Gasteiger partial charge in [0.05, 0.1) is 16.2 Å². The molecule has 3 aromatic rings. The molecule has 0 saturated heterocycles. The minimum Gasteiger partial charge on any atom is -0.459 e. The maximum Gasteiger partial charge on any atom is 0.349 e. The Hall–Kier alpha value is -3.48. The van der Waals surface area contributed by atoms with Crippen molar-refractivity contribution in [1.82, 2.24) is 5.32 Å². The zero-order valence-corrected chi connectivity index (χ0v) is 19.1. The average Bonchev–Trinajstić information content (AvgIpc) is 3.42. The van der Waals surface area contributed by atoms with Crippen molar-refractivity contribution in [3.8, 4) is 0 Å². The number of furan rings is 1. The van der Waals surface area contributed by atoms with E-state index in [9.17, 15) is 22.8 Å². The maximum atomic E-state index is 12.3. The van der Waals surface area contributed by atoms with Gasteiger partial charge in [-0.2, -0.15) is 0 Å². The van der Waals surface area contributed by atoms with Crippen LogP contribution in [0.1, 0.15) is 31.4 Å². The average molecular weight is 492 g/mol. The molecule has 2 amide bonds. The van der Waals surface area contributed by atoms with E-state index in [0.29, 0.717) is 17.0 Å². The number of anilines is 1. The number of nitrogens with one attached hydrogen (secondary N) is 2. The van der Waals surface area contributed by atoms with Crippen molar-refractivity contribution in [2.75, 3.05) is 18.5 Å². The highest BCUT2D eigenvalue weighted by Crippen LogP contribution is 2.27. The van der Waals surface area contributed by atoms with Crippen molar-refractivity contribution in [3.05, 3.63) is 70.5 Å². The molecule has 0 aliphatic carbocycles. The molecule has 12 heteroatoms. The van der Waals surface area contributed by atoms with Crippen molar-refractivity contribution in [2.24, 2.45) is 5.14 Å². The number of nitrogens with two attached hydrogens (primary N) is 1. The lowest BCUT2D eigenvalue weighted by Crippen LogP contribution is -2.30. The third kappa shape index (κ3) is 6.75. The van der Waals surface area contributed by atoms with Gasteiger partial charge in [-0.15, -0.1) is 11.3 Å². The van der Waals surface area contributed by atoms with Gasteiger partial charge in [-0.05, 0) is 54.8 Å². The quantitative estimate of drug-likeness (QED) is 0.387. The molecule has 10 nitrogen and oxygen atoms in total. The number of primary sulfonamides is 1. The second-order valence-electron chi connectivity index (χ2n) is 6.92. The molecule has 174 valence electrons. The minimum absolute atomic E-state index is 0.00903. The van der Waals surface area contributed by atoms with Crippen molar-refractivity contribution in [3.63, 3.8) is 0 Å². The van der Waals surface area contributed by atoms with E-state index >= 15 is 0 Å². The molecule has 33 heavy (non-hydrogen) atoms. The van der Waals surface area contributed by atoms with Crippen LogP contribution in [0, 0.1) is 6.92 Å². The summed E-state index contributed by atoms with van der Waals surface area (Å²) >= 11 is 1.03. The molecule has 0 bridgehead atoms. The van der Waals surface area contributed by atoms with E-state index in [1.165, 1.54) is 24.5 Å². The maximum absolute atomic E-state index is 12.3. The number of carbonyl (C=O) groups excluding carboxylic acids is 3. The molecule has 0 aliphatic heterocycles. The first-order valence-corrected chi connectivity index (χ1v) is 12.0. The Balaban J connectivity index is 1.44. The van der Waals surface area contributed by atoms with Crippen molar-refractivity contribution < 1.29 is 32.0 Å². The highest BCUT2D eigenvalue weighted by atomic mass is 32.2. The molecular formula is C21H21N3O7S2. The summed E-state index contributed by atoms with van der Waals surface area (Å²) in [6, 6.07) is 10.7. The zero-order valence-electron chi connectivity index (χ0n) is 17.5. The van der Waals surface area contributed by atoms with Gasteiger partial charge in [0.15, 0.2) is 12.4 Å². The van der Waals surface area contributed by atoms with Gasteiger partial charge in [0.2, 0.25) is 10.0 Å². The summed E-state index contributed by atoms with van der Waals surface area (Å²) in [5.74, 6) is -1.46. The Kier molecular flexibility index (Phi) is 7.63. The molecule has 3 rings (SSSR count). The number of ether oxygens (including phenoxy) is 1. The summed E-state index contributed by atoms with van der Waals surface area (Å²) in [6.07, 6.45) is 1.83. The van der Waals surface area contributed by atoms with Gasteiger partial charge in [0, 0.05) is 6.54 Å². The van der Waals surface area contributed by atoms with Crippen LogP contribution in [-0.4, -0.2) is 39.4 Å². The summed E-state index contributed by atoms with van der Waals surface area (Å²) < 4.78 is 32.6. The van der Waals surface area contributed by atoms with Crippen LogP contribution in [-0.2, 0) is 26.0 Å². The molecule has 0 radical (unpaired) electrons. The fourth-order valence-corrected chi connectivity index (χ4v) is 4.24. The zero-order chi connectivity index (χ0) is 24.0. The van der Waals surface area contributed by atoms with Crippen LogP contribution in [0.25, 0.3) is 0 Å². The lowest BCUT2D eigenvalue weighted by Gasteiger charge is -2.07. The van der Waals surface area contributed by atoms with E-state index in [0.717, 1.165) is 16.9 Å². The van der Waals surface area contributed by atoms with Gasteiger partial charge in [-0.25, -0.2) is 18.4 Å². The molecule has 0 spiro atoms. The van der Waals surface area contributed by atoms with Crippen LogP contribution in [0.4, 0.5) is 5.00 Å². The van der Waals surface area contributed by atoms with Gasteiger partial charge < -0.3 is 19.8 Å². The van der Waals surface area contributed by atoms with Gasteiger partial charge in [0.25, 0.3) is 11.8 Å². The van der Waals surface area contributed by atoms with E-state index < -0.39 is 34.4 Å². The highest BCUT2D eigenvalue weighted by Gasteiger charge is 2.18. The molecule has 1 aromatic carbocycles. The standard InChI is InChI=1S/C21H21N3O7S2/c1-13-11-18(24-20(26)16-3-2-10-30-16)32-19(13)21(27)31-12-17(25)23-9-8-14-4-6-15(7-5-14)33(22,28)29/h2-7,10-11H,8-9,12H2,1H3,(H,23,25)(H,24,26)(H2,22,28,29). The van der Waals surface area contributed by atoms with E-state index in [2.05, 4.69) is 10.6 Å². The lowest BCUT2D eigenvalue weighted by atomic mass is 10.1. The Bertz CT molecular complexity index is 1250. The fourth-order valence-electron chi connectivity index (χ4n) is 2.77. The van der Waals surface area contributed by atoms with Gasteiger partial charge in [0.1, 0.15) is 4.88 Å². The second-order valence-corrected chi connectivity index (χ2v) is 9.53. The van der Waals surface area contributed by atoms with Gasteiger partial charge >= 0.3 is 5.97 Å². The van der Waals surface area contributed by atoms with Crippen LogP contribution in [0.3, 0.4) is 0 Å². The van der Waals surface area contributed by atoms with Crippen LogP contribution in [0.5, 0.6) is 0 Å². The summed E-state index contributed by atoms with van der Waals surface area (Å²) in [7, 11) is -3.75. The Morgan fingerprint density at radius 1 is 1.15 bits per heavy atom. The number of amides is 2. The number of thiophene rings is 1. The molecule has 4 N–H and O–H groups in total. The van der Waals surface area contributed by atoms with Crippen molar-refractivity contribution in [2.45, 2.75) is 18.2 Å². The second kappa shape index (κ2) is 10.4. The predicted molar refractivity (Wildman–Crippen MR) is 121 cm³/mol. The number of hydrogen-bond donors (Lipinski definition) is 3. The Morgan fingerprint density at radius 3 is 2.52 bits per heavy atom. The molecule has 2 aromatic heterocycles. The minimum atomic E-state index is -3.75. The number of benzene rings is 1. The first-order valence-electron chi connectivity index (χ1n) is 9.64. The smallest absolute Gasteiger partial charge is 0.349 e. The lowest BCUT2D eigenvalue weighted by molar-refractivity contribution is -0.124. The van der Waals surface area contributed by atoms with Crippen molar-refractivity contribution in [1.29, 1.82) is 0 Å². The molecule has 0 atom stereocenters. The summed E-state index contributed by atoms with van der Waals surface area (Å²) in [5.41, 5.74) is 1.40. The molecule has 0 unspecified atom stereocenters. The van der Waals surface area contributed by atoms with E-state index in [4.69, 9.17) is 14.3 Å². The van der Waals surface area contributed by atoms with Crippen LogP contribution < -0.4 is 15.8 Å². The predicted octanol–water partition coefficient (Wildman–Crippen LogP) is 2.06.